The summed E-state index contributed by atoms with van der Waals surface area (Å²) in [6.07, 6.45) is 0. The Bertz CT molecular complexity index is 862. The first-order chi connectivity index (χ1) is 10.6. The van der Waals surface area contributed by atoms with Gasteiger partial charge in [-0.2, -0.15) is 5.26 Å². The van der Waals surface area contributed by atoms with E-state index in [0.717, 1.165) is 0 Å². The number of benzene rings is 2. The number of carbonyl (C=O) groups is 3. The smallest absolute Gasteiger partial charge is 0.252 e. The Labute approximate surface area is 126 Å². The summed E-state index contributed by atoms with van der Waals surface area (Å²) in [5.74, 6) is -1.17. The van der Waals surface area contributed by atoms with Crippen molar-refractivity contribution in [2.75, 3.05) is 6.54 Å². The van der Waals surface area contributed by atoms with Crippen LogP contribution < -0.4 is 5.32 Å². The highest BCUT2D eigenvalue weighted by molar-refractivity contribution is 6.30. The summed E-state index contributed by atoms with van der Waals surface area (Å²) in [7, 11) is 0. The zero-order valence-corrected chi connectivity index (χ0v) is 11.4. The number of hydrogen-bond donors (Lipinski definition) is 1. The van der Waals surface area contributed by atoms with Gasteiger partial charge in [-0.3, -0.25) is 14.4 Å². The fourth-order valence-corrected chi connectivity index (χ4v) is 2.55. The van der Waals surface area contributed by atoms with Gasteiger partial charge in [-0.15, -0.1) is 0 Å². The number of amides is 1. The molecule has 22 heavy (non-hydrogen) atoms. The van der Waals surface area contributed by atoms with Gasteiger partial charge in [-0.05, 0) is 6.07 Å². The van der Waals surface area contributed by atoms with Gasteiger partial charge in [-0.1, -0.05) is 36.4 Å². The van der Waals surface area contributed by atoms with Gasteiger partial charge in [0, 0.05) is 22.3 Å². The van der Waals surface area contributed by atoms with Crippen LogP contribution in [0.2, 0.25) is 0 Å². The van der Waals surface area contributed by atoms with Crippen LogP contribution in [0, 0.1) is 11.3 Å². The minimum absolute atomic E-state index is 0.0987. The summed E-state index contributed by atoms with van der Waals surface area (Å²) in [6, 6.07) is 12.9. The van der Waals surface area contributed by atoms with Gasteiger partial charge in [0.15, 0.2) is 11.6 Å². The van der Waals surface area contributed by atoms with Crippen LogP contribution >= 0.6 is 0 Å². The maximum Gasteiger partial charge on any atom is 0.252 e. The molecule has 5 heteroatoms. The van der Waals surface area contributed by atoms with Crippen molar-refractivity contribution in [3.63, 3.8) is 0 Å². The summed E-state index contributed by atoms with van der Waals surface area (Å²) in [5, 5.41) is 10.9. The van der Waals surface area contributed by atoms with Crippen molar-refractivity contribution in [1.82, 2.24) is 5.32 Å². The van der Waals surface area contributed by atoms with Gasteiger partial charge in [0.05, 0.1) is 11.6 Å². The molecule has 0 saturated heterocycles. The fraction of sp³-hybridized carbons (Fsp3) is 0.0588. The molecule has 0 spiro atoms. The van der Waals surface area contributed by atoms with Crippen molar-refractivity contribution in [2.24, 2.45) is 0 Å². The second-order valence-corrected chi connectivity index (χ2v) is 4.77. The molecule has 1 aliphatic carbocycles. The summed E-state index contributed by atoms with van der Waals surface area (Å²) >= 11 is 0. The highest BCUT2D eigenvalue weighted by atomic mass is 16.2. The average molecular weight is 290 g/mol. The van der Waals surface area contributed by atoms with Crippen molar-refractivity contribution in [2.45, 2.75) is 0 Å². The molecule has 0 fully saturated rings. The molecule has 0 unspecified atom stereocenters. The highest BCUT2D eigenvalue weighted by Gasteiger charge is 2.32. The Hall–Kier alpha value is -3.26. The van der Waals surface area contributed by atoms with E-state index in [0.29, 0.717) is 11.1 Å². The number of carbonyl (C=O) groups excluding carboxylic acids is 3. The number of nitriles is 1. The molecule has 0 aliphatic heterocycles. The molecule has 106 valence electrons. The quantitative estimate of drug-likeness (QED) is 0.728. The molecule has 2 aromatic rings. The van der Waals surface area contributed by atoms with Crippen LogP contribution in [0.15, 0.2) is 42.5 Å². The summed E-state index contributed by atoms with van der Waals surface area (Å²) < 4.78 is 0. The second-order valence-electron chi connectivity index (χ2n) is 4.77. The van der Waals surface area contributed by atoms with Crippen LogP contribution in [-0.2, 0) is 0 Å². The number of nitrogens with zero attached hydrogens (tertiary/aromatic N) is 1. The lowest BCUT2D eigenvalue weighted by atomic mass is 9.81. The molecule has 3 rings (SSSR count). The van der Waals surface area contributed by atoms with E-state index in [1.807, 2.05) is 0 Å². The molecule has 0 atom stereocenters. The van der Waals surface area contributed by atoms with Crippen molar-refractivity contribution in [3.8, 4) is 6.07 Å². The SMILES string of the molecule is N#CCNC(=O)c1cccc2c1C(=O)c1ccccc1C2=O. The number of hydrogen-bond acceptors (Lipinski definition) is 4. The van der Waals surface area contributed by atoms with Crippen LogP contribution in [-0.4, -0.2) is 24.0 Å². The maximum absolute atomic E-state index is 12.7. The number of rotatable bonds is 2. The van der Waals surface area contributed by atoms with Gasteiger partial charge >= 0.3 is 0 Å². The molecule has 0 radical (unpaired) electrons. The zero-order chi connectivity index (χ0) is 15.7. The standard InChI is InChI=1S/C17H10N2O3/c18-8-9-19-17(22)13-7-3-6-12-14(13)16(21)11-5-2-1-4-10(11)15(12)20/h1-7H,9H2,(H,19,22). The summed E-state index contributed by atoms with van der Waals surface area (Å²) in [5.41, 5.74) is 1.06. The van der Waals surface area contributed by atoms with E-state index in [9.17, 15) is 14.4 Å². The van der Waals surface area contributed by atoms with Gasteiger partial charge in [0.1, 0.15) is 6.54 Å². The molecule has 5 nitrogen and oxygen atoms in total. The average Bonchev–Trinajstić information content (AvgIpc) is 2.57. The van der Waals surface area contributed by atoms with Crippen LogP contribution in [0.5, 0.6) is 0 Å². The maximum atomic E-state index is 12.7. The first kappa shape index (κ1) is 13.7. The van der Waals surface area contributed by atoms with E-state index < -0.39 is 5.91 Å². The van der Waals surface area contributed by atoms with Crippen LogP contribution in [0.25, 0.3) is 0 Å². The normalized spacial score (nSPS) is 12.1. The lowest BCUT2D eigenvalue weighted by Crippen LogP contribution is -2.29. The van der Waals surface area contributed by atoms with Gasteiger partial charge in [0.2, 0.25) is 0 Å². The van der Waals surface area contributed by atoms with Gasteiger partial charge in [0.25, 0.3) is 5.91 Å². The minimum Gasteiger partial charge on any atom is -0.339 e. The Morgan fingerprint density at radius 3 is 2.27 bits per heavy atom. The zero-order valence-electron chi connectivity index (χ0n) is 11.4. The first-order valence-electron chi connectivity index (χ1n) is 6.61. The highest BCUT2D eigenvalue weighted by Crippen LogP contribution is 2.29. The molecule has 0 aromatic heterocycles. The van der Waals surface area contributed by atoms with E-state index in [1.54, 1.807) is 36.4 Å². The summed E-state index contributed by atoms with van der Waals surface area (Å²) in [4.78, 5) is 37.3. The lowest BCUT2D eigenvalue weighted by Gasteiger charge is -2.19. The topological polar surface area (TPSA) is 87.0 Å². The molecular formula is C17H10N2O3. The molecule has 0 heterocycles. The third-order valence-corrected chi connectivity index (χ3v) is 3.53. The lowest BCUT2D eigenvalue weighted by molar-refractivity contribution is 0.0941. The van der Waals surface area contributed by atoms with E-state index in [4.69, 9.17) is 5.26 Å². The van der Waals surface area contributed by atoms with Crippen molar-refractivity contribution < 1.29 is 14.4 Å². The van der Waals surface area contributed by atoms with E-state index >= 15 is 0 Å². The van der Waals surface area contributed by atoms with Crippen molar-refractivity contribution in [3.05, 3.63) is 70.3 Å². The largest absolute Gasteiger partial charge is 0.339 e. The Balaban J connectivity index is 2.17. The number of fused-ring (bicyclic) bond motifs is 2. The Morgan fingerprint density at radius 2 is 1.59 bits per heavy atom. The third kappa shape index (κ3) is 1.98. The molecule has 1 N–H and O–H groups in total. The van der Waals surface area contributed by atoms with E-state index in [1.165, 1.54) is 12.1 Å². The molecule has 2 aromatic carbocycles. The van der Waals surface area contributed by atoms with Gasteiger partial charge < -0.3 is 5.32 Å². The van der Waals surface area contributed by atoms with Crippen LogP contribution in [0.4, 0.5) is 0 Å². The fourth-order valence-electron chi connectivity index (χ4n) is 2.55. The summed E-state index contributed by atoms with van der Waals surface area (Å²) in [6.45, 7) is -0.165. The predicted molar refractivity (Wildman–Crippen MR) is 77.7 cm³/mol. The van der Waals surface area contributed by atoms with Crippen molar-refractivity contribution in [1.29, 1.82) is 5.26 Å². The number of ketones is 2. The van der Waals surface area contributed by atoms with Crippen LogP contribution in [0.1, 0.15) is 42.2 Å². The predicted octanol–water partition coefficient (Wildman–Crippen LogP) is 1.72. The second kappa shape index (κ2) is 5.26. The molecular weight excluding hydrogens is 280 g/mol. The van der Waals surface area contributed by atoms with E-state index in [2.05, 4.69) is 5.32 Å². The Kier molecular flexibility index (Phi) is 3.28. The Morgan fingerprint density at radius 1 is 0.955 bits per heavy atom. The van der Waals surface area contributed by atoms with Crippen molar-refractivity contribution >= 4 is 17.5 Å². The third-order valence-electron chi connectivity index (χ3n) is 3.53. The molecule has 0 saturated carbocycles. The molecule has 1 amide bonds. The minimum atomic E-state index is -0.543. The van der Waals surface area contributed by atoms with E-state index in [-0.39, 0.29) is 34.8 Å². The van der Waals surface area contributed by atoms with Gasteiger partial charge in [-0.25, -0.2) is 0 Å². The monoisotopic (exact) mass is 290 g/mol. The molecule has 1 aliphatic rings. The first-order valence-corrected chi connectivity index (χ1v) is 6.61. The molecule has 0 bridgehead atoms. The van der Waals surface area contributed by atoms with Crippen LogP contribution in [0.3, 0.4) is 0 Å². The number of nitrogens with one attached hydrogen (secondary N) is 1.